The van der Waals surface area contributed by atoms with Crippen LogP contribution in [0.3, 0.4) is 0 Å². The van der Waals surface area contributed by atoms with E-state index >= 15 is 0 Å². The molecule has 0 aliphatic rings. The van der Waals surface area contributed by atoms with Crippen LogP contribution in [0, 0.1) is 17.0 Å². The molecule has 1 unspecified atom stereocenters. The Morgan fingerprint density at radius 3 is 2.47 bits per heavy atom. The van der Waals surface area contributed by atoms with Gasteiger partial charge in [-0.3, -0.25) is 10.1 Å². The van der Waals surface area contributed by atoms with Gasteiger partial charge >= 0.3 is 0 Å². The minimum atomic E-state index is -3.69. The molecule has 0 aliphatic heterocycles. The molecule has 0 aliphatic carbocycles. The van der Waals surface area contributed by atoms with E-state index in [-0.39, 0.29) is 23.2 Å². The summed E-state index contributed by atoms with van der Waals surface area (Å²) in [6, 6.07) is 3.33. The number of non-ortho nitro benzene ring substituents is 1. The molecule has 1 rings (SSSR count). The van der Waals surface area contributed by atoms with Crippen molar-refractivity contribution in [2.75, 3.05) is 13.6 Å². The van der Waals surface area contributed by atoms with E-state index < -0.39 is 14.9 Å². The first kappa shape index (κ1) is 15.5. The average molecular weight is 287 g/mol. The van der Waals surface area contributed by atoms with E-state index in [0.29, 0.717) is 5.56 Å². The number of sulfonamides is 1. The Morgan fingerprint density at radius 2 is 2.05 bits per heavy atom. The van der Waals surface area contributed by atoms with E-state index in [1.54, 1.807) is 6.92 Å². The smallest absolute Gasteiger partial charge is 0.269 e. The van der Waals surface area contributed by atoms with E-state index in [0.717, 1.165) is 0 Å². The predicted molar refractivity (Wildman–Crippen MR) is 71.3 cm³/mol. The van der Waals surface area contributed by atoms with E-state index in [1.807, 2.05) is 0 Å². The Hall–Kier alpha value is -1.51. The molecule has 0 radical (unpaired) electrons. The van der Waals surface area contributed by atoms with Gasteiger partial charge in [0.1, 0.15) is 0 Å². The molecule has 0 bridgehead atoms. The SMILES string of the molecule is Cc1cc([N+](=O)[O-])ccc1S(=O)(=O)N(C)C(C)CN. The quantitative estimate of drug-likeness (QED) is 0.638. The number of nitro benzene ring substituents is 1. The Labute approximate surface area is 112 Å². The van der Waals surface area contributed by atoms with Crippen LogP contribution in [-0.4, -0.2) is 37.3 Å². The highest BCUT2D eigenvalue weighted by atomic mass is 32.2. The Morgan fingerprint density at radius 1 is 1.47 bits per heavy atom. The second kappa shape index (κ2) is 5.64. The second-order valence-electron chi connectivity index (χ2n) is 4.31. The number of hydrogen-bond acceptors (Lipinski definition) is 5. The number of nitrogens with zero attached hydrogens (tertiary/aromatic N) is 2. The van der Waals surface area contributed by atoms with Crippen molar-refractivity contribution in [3.63, 3.8) is 0 Å². The molecule has 1 atom stereocenters. The molecular weight excluding hydrogens is 270 g/mol. The Bertz CT molecular complexity index is 586. The van der Waals surface area contributed by atoms with Crippen molar-refractivity contribution in [1.29, 1.82) is 0 Å². The molecule has 7 nitrogen and oxygen atoms in total. The third kappa shape index (κ3) is 3.09. The Balaban J connectivity index is 3.27. The number of hydrogen-bond donors (Lipinski definition) is 1. The molecule has 0 heterocycles. The molecule has 2 N–H and O–H groups in total. The largest absolute Gasteiger partial charge is 0.329 e. The monoisotopic (exact) mass is 287 g/mol. The first-order valence-corrected chi connectivity index (χ1v) is 7.09. The lowest BCUT2D eigenvalue weighted by atomic mass is 10.2. The third-order valence-electron chi connectivity index (χ3n) is 2.99. The molecule has 0 aromatic heterocycles. The van der Waals surface area contributed by atoms with E-state index in [1.165, 1.54) is 36.5 Å². The molecule has 0 saturated heterocycles. The van der Waals surface area contributed by atoms with Crippen LogP contribution in [0.25, 0.3) is 0 Å². The van der Waals surface area contributed by atoms with Gasteiger partial charge in [-0.15, -0.1) is 0 Å². The highest BCUT2D eigenvalue weighted by Gasteiger charge is 2.27. The second-order valence-corrected chi connectivity index (χ2v) is 6.28. The molecular formula is C11H17N3O4S. The molecule has 0 saturated carbocycles. The lowest BCUT2D eigenvalue weighted by molar-refractivity contribution is -0.385. The molecule has 1 aromatic carbocycles. The zero-order valence-electron chi connectivity index (χ0n) is 11.0. The molecule has 1 aromatic rings. The molecule has 0 spiro atoms. The third-order valence-corrected chi connectivity index (χ3v) is 5.12. The van der Waals surface area contributed by atoms with Crippen molar-refractivity contribution in [3.8, 4) is 0 Å². The minimum absolute atomic E-state index is 0.0564. The van der Waals surface area contributed by atoms with Gasteiger partial charge in [0.15, 0.2) is 0 Å². The first-order valence-electron chi connectivity index (χ1n) is 5.65. The van der Waals surface area contributed by atoms with Crippen molar-refractivity contribution in [1.82, 2.24) is 4.31 Å². The van der Waals surface area contributed by atoms with Crippen LogP contribution in [0.2, 0.25) is 0 Å². The van der Waals surface area contributed by atoms with Crippen LogP contribution in [0.5, 0.6) is 0 Å². The van der Waals surface area contributed by atoms with E-state index in [4.69, 9.17) is 5.73 Å². The number of likely N-dealkylation sites (N-methyl/N-ethyl adjacent to an activating group) is 1. The number of nitro groups is 1. The molecule has 8 heteroatoms. The van der Waals surface area contributed by atoms with Gasteiger partial charge in [0.05, 0.1) is 9.82 Å². The van der Waals surface area contributed by atoms with Crippen LogP contribution >= 0.6 is 0 Å². The van der Waals surface area contributed by atoms with Crippen LogP contribution in [0.4, 0.5) is 5.69 Å². The first-order chi connectivity index (χ1) is 8.71. The minimum Gasteiger partial charge on any atom is -0.329 e. The number of nitrogens with two attached hydrogens (primary N) is 1. The van der Waals surface area contributed by atoms with Gasteiger partial charge in [-0.1, -0.05) is 0 Å². The van der Waals surface area contributed by atoms with Gasteiger partial charge in [-0.25, -0.2) is 8.42 Å². The highest BCUT2D eigenvalue weighted by molar-refractivity contribution is 7.89. The van der Waals surface area contributed by atoms with E-state index in [2.05, 4.69) is 0 Å². The zero-order valence-corrected chi connectivity index (χ0v) is 11.8. The standard InChI is InChI=1S/C11H17N3O4S/c1-8-6-10(14(15)16)4-5-11(8)19(17,18)13(3)9(2)7-12/h4-6,9H,7,12H2,1-3H3. The zero-order chi connectivity index (χ0) is 14.8. The van der Waals surface area contributed by atoms with Gasteiger partial charge in [-0.05, 0) is 25.5 Å². The molecule has 0 fully saturated rings. The van der Waals surface area contributed by atoms with Gasteiger partial charge < -0.3 is 5.73 Å². The fraction of sp³-hybridized carbons (Fsp3) is 0.455. The maximum Gasteiger partial charge on any atom is 0.269 e. The average Bonchev–Trinajstić information content (AvgIpc) is 2.36. The van der Waals surface area contributed by atoms with Crippen molar-refractivity contribution < 1.29 is 13.3 Å². The lowest BCUT2D eigenvalue weighted by Crippen LogP contribution is -2.39. The maximum absolute atomic E-state index is 12.3. The summed E-state index contributed by atoms with van der Waals surface area (Å²) in [6.07, 6.45) is 0. The van der Waals surface area contributed by atoms with Gasteiger partial charge in [-0.2, -0.15) is 4.31 Å². The summed E-state index contributed by atoms with van der Waals surface area (Å²) >= 11 is 0. The molecule has 106 valence electrons. The number of aryl methyl sites for hydroxylation is 1. The summed E-state index contributed by atoms with van der Waals surface area (Å²) in [5, 5.41) is 10.6. The summed E-state index contributed by atoms with van der Waals surface area (Å²) in [5.41, 5.74) is 5.66. The predicted octanol–water partition coefficient (Wildman–Crippen LogP) is 0.871. The van der Waals surface area contributed by atoms with Crippen LogP contribution in [-0.2, 0) is 10.0 Å². The Kier molecular flexibility index (Phi) is 4.61. The summed E-state index contributed by atoms with van der Waals surface area (Å²) in [4.78, 5) is 10.1. The van der Waals surface area contributed by atoms with Gasteiger partial charge in [0.25, 0.3) is 5.69 Å². The number of rotatable bonds is 5. The normalized spacial score (nSPS) is 13.5. The van der Waals surface area contributed by atoms with Crippen LogP contribution < -0.4 is 5.73 Å². The summed E-state index contributed by atoms with van der Waals surface area (Å²) < 4.78 is 25.8. The van der Waals surface area contributed by atoms with Gasteiger partial charge in [0.2, 0.25) is 10.0 Å². The van der Waals surface area contributed by atoms with Crippen molar-refractivity contribution in [2.24, 2.45) is 5.73 Å². The summed E-state index contributed by atoms with van der Waals surface area (Å²) in [5.74, 6) is 0. The molecule has 19 heavy (non-hydrogen) atoms. The van der Waals surface area contributed by atoms with Crippen molar-refractivity contribution in [2.45, 2.75) is 24.8 Å². The van der Waals surface area contributed by atoms with E-state index in [9.17, 15) is 18.5 Å². The maximum atomic E-state index is 12.3. The fourth-order valence-corrected chi connectivity index (χ4v) is 3.15. The molecule has 0 amide bonds. The van der Waals surface area contributed by atoms with Crippen molar-refractivity contribution in [3.05, 3.63) is 33.9 Å². The lowest BCUT2D eigenvalue weighted by Gasteiger charge is -2.23. The number of benzene rings is 1. The van der Waals surface area contributed by atoms with Crippen LogP contribution in [0.15, 0.2) is 23.1 Å². The summed E-state index contributed by atoms with van der Waals surface area (Å²) in [7, 11) is -2.25. The highest BCUT2D eigenvalue weighted by Crippen LogP contribution is 2.24. The topological polar surface area (TPSA) is 107 Å². The van der Waals surface area contributed by atoms with Gasteiger partial charge in [0, 0.05) is 31.8 Å². The van der Waals surface area contributed by atoms with Crippen molar-refractivity contribution >= 4 is 15.7 Å². The fourth-order valence-electron chi connectivity index (χ4n) is 1.58. The summed E-state index contributed by atoms with van der Waals surface area (Å²) in [6.45, 7) is 3.42. The van der Waals surface area contributed by atoms with Crippen LogP contribution in [0.1, 0.15) is 12.5 Å².